The SMILES string of the molecule is C[C@@H](Oc1ccc(S(=O)(=O)N(Cc2ccccc2)Cc2ccccc2)cc1)C(=O)NC1CCCCC1. The van der Waals surface area contributed by atoms with Crippen LogP contribution in [0, 0.1) is 0 Å². The molecule has 3 aromatic carbocycles. The molecule has 3 aromatic rings. The lowest BCUT2D eigenvalue weighted by Crippen LogP contribution is -2.43. The molecule has 0 radical (unpaired) electrons. The quantitative estimate of drug-likeness (QED) is 0.405. The van der Waals surface area contributed by atoms with Crippen molar-refractivity contribution in [2.75, 3.05) is 0 Å². The van der Waals surface area contributed by atoms with Crippen LogP contribution >= 0.6 is 0 Å². The Kier molecular flexibility index (Phi) is 8.78. The minimum Gasteiger partial charge on any atom is -0.481 e. The summed E-state index contributed by atoms with van der Waals surface area (Å²) < 4.78 is 34.5. The van der Waals surface area contributed by atoms with E-state index in [9.17, 15) is 13.2 Å². The van der Waals surface area contributed by atoms with Crippen LogP contribution in [0.2, 0.25) is 0 Å². The highest BCUT2D eigenvalue weighted by Crippen LogP contribution is 2.24. The number of sulfonamides is 1. The Balaban J connectivity index is 1.46. The van der Waals surface area contributed by atoms with Crippen molar-refractivity contribution in [2.24, 2.45) is 0 Å². The van der Waals surface area contributed by atoms with Gasteiger partial charge in [-0.2, -0.15) is 4.31 Å². The van der Waals surface area contributed by atoms with Gasteiger partial charge in [0.15, 0.2) is 6.10 Å². The van der Waals surface area contributed by atoms with Crippen LogP contribution in [0.5, 0.6) is 5.75 Å². The van der Waals surface area contributed by atoms with Gasteiger partial charge in [-0.1, -0.05) is 79.9 Å². The Morgan fingerprint density at radius 1 is 0.861 bits per heavy atom. The van der Waals surface area contributed by atoms with Crippen molar-refractivity contribution in [3.63, 3.8) is 0 Å². The van der Waals surface area contributed by atoms with E-state index in [4.69, 9.17) is 4.74 Å². The lowest BCUT2D eigenvalue weighted by molar-refractivity contribution is -0.128. The summed E-state index contributed by atoms with van der Waals surface area (Å²) in [6.45, 7) is 2.23. The molecule has 1 saturated carbocycles. The fourth-order valence-corrected chi connectivity index (χ4v) is 5.88. The Morgan fingerprint density at radius 3 is 1.92 bits per heavy atom. The fourth-order valence-electron chi connectivity index (χ4n) is 4.46. The van der Waals surface area contributed by atoms with E-state index in [1.54, 1.807) is 31.2 Å². The number of ether oxygens (including phenoxy) is 1. The number of amides is 1. The maximum atomic E-state index is 13.6. The molecule has 7 heteroatoms. The Bertz CT molecular complexity index is 1170. The van der Waals surface area contributed by atoms with Gasteiger partial charge >= 0.3 is 0 Å². The molecule has 0 heterocycles. The molecule has 6 nitrogen and oxygen atoms in total. The Labute approximate surface area is 214 Å². The first-order valence-corrected chi connectivity index (χ1v) is 14.0. The highest BCUT2D eigenvalue weighted by molar-refractivity contribution is 7.89. The first-order chi connectivity index (χ1) is 17.4. The number of carbonyl (C=O) groups is 1. The lowest BCUT2D eigenvalue weighted by atomic mass is 9.95. The van der Waals surface area contributed by atoms with Crippen LogP contribution in [0.1, 0.15) is 50.2 Å². The third-order valence-corrected chi connectivity index (χ3v) is 8.30. The number of hydrogen-bond acceptors (Lipinski definition) is 4. The third kappa shape index (κ3) is 6.95. The molecule has 1 aliphatic rings. The van der Waals surface area contributed by atoms with E-state index in [0.717, 1.165) is 36.8 Å². The largest absolute Gasteiger partial charge is 0.481 e. The number of rotatable bonds is 10. The van der Waals surface area contributed by atoms with Crippen molar-refractivity contribution in [3.05, 3.63) is 96.1 Å². The second-order valence-electron chi connectivity index (χ2n) is 9.32. The van der Waals surface area contributed by atoms with E-state index in [1.165, 1.54) is 10.7 Å². The predicted octanol–water partition coefficient (Wildman–Crippen LogP) is 5.29. The molecule has 0 aromatic heterocycles. The number of benzene rings is 3. The highest BCUT2D eigenvalue weighted by Gasteiger charge is 2.26. The summed E-state index contributed by atoms with van der Waals surface area (Å²) in [6, 6.07) is 25.6. The molecular weight excluding hydrogens is 472 g/mol. The van der Waals surface area contributed by atoms with E-state index in [0.29, 0.717) is 5.75 Å². The van der Waals surface area contributed by atoms with E-state index in [1.807, 2.05) is 60.7 Å². The molecule has 0 aliphatic heterocycles. The average molecular weight is 507 g/mol. The minimum absolute atomic E-state index is 0.143. The smallest absolute Gasteiger partial charge is 0.260 e. The van der Waals surface area contributed by atoms with Crippen molar-refractivity contribution < 1.29 is 17.9 Å². The van der Waals surface area contributed by atoms with Crippen LogP contribution in [0.3, 0.4) is 0 Å². The van der Waals surface area contributed by atoms with E-state index < -0.39 is 16.1 Å². The van der Waals surface area contributed by atoms with Crippen molar-refractivity contribution in [1.29, 1.82) is 0 Å². The molecule has 1 fully saturated rings. The van der Waals surface area contributed by atoms with Gasteiger partial charge in [-0.3, -0.25) is 4.79 Å². The fraction of sp³-hybridized carbons (Fsp3) is 0.345. The summed E-state index contributed by atoms with van der Waals surface area (Å²) >= 11 is 0. The first kappa shape index (κ1) is 25.9. The second kappa shape index (κ2) is 12.2. The lowest BCUT2D eigenvalue weighted by Gasteiger charge is -2.25. The summed E-state index contributed by atoms with van der Waals surface area (Å²) in [6.07, 6.45) is 4.86. The second-order valence-corrected chi connectivity index (χ2v) is 11.3. The molecule has 36 heavy (non-hydrogen) atoms. The van der Waals surface area contributed by atoms with E-state index >= 15 is 0 Å². The number of carbonyl (C=O) groups excluding carboxylic acids is 1. The molecule has 1 aliphatic carbocycles. The average Bonchev–Trinajstić information content (AvgIpc) is 2.90. The Hall–Kier alpha value is -3.16. The molecule has 1 N–H and O–H groups in total. The maximum Gasteiger partial charge on any atom is 0.260 e. The van der Waals surface area contributed by atoms with Crippen LogP contribution in [-0.2, 0) is 27.9 Å². The zero-order valence-corrected chi connectivity index (χ0v) is 21.5. The first-order valence-electron chi connectivity index (χ1n) is 12.6. The van der Waals surface area contributed by atoms with Crippen LogP contribution < -0.4 is 10.1 Å². The zero-order chi connectivity index (χ0) is 25.4. The molecule has 190 valence electrons. The van der Waals surface area contributed by atoms with Crippen molar-refractivity contribution in [1.82, 2.24) is 9.62 Å². The van der Waals surface area contributed by atoms with Gasteiger partial charge in [0.1, 0.15) is 5.75 Å². The van der Waals surface area contributed by atoms with Gasteiger partial charge in [0.2, 0.25) is 10.0 Å². The molecule has 0 spiro atoms. The third-order valence-electron chi connectivity index (χ3n) is 6.50. The molecule has 4 rings (SSSR count). The van der Waals surface area contributed by atoms with Crippen molar-refractivity contribution in [2.45, 2.75) is 69.2 Å². The minimum atomic E-state index is -3.78. The molecular formula is C29H34N2O4S. The normalized spacial score (nSPS) is 15.4. The van der Waals surface area contributed by atoms with Gasteiger partial charge in [0.05, 0.1) is 4.90 Å². The summed E-state index contributed by atoms with van der Waals surface area (Å²) in [5, 5.41) is 3.07. The van der Waals surface area contributed by atoms with Gasteiger partial charge in [0.25, 0.3) is 5.91 Å². The number of hydrogen-bond donors (Lipinski definition) is 1. The van der Waals surface area contributed by atoms with Gasteiger partial charge in [-0.25, -0.2) is 8.42 Å². The monoisotopic (exact) mass is 506 g/mol. The summed E-state index contributed by atoms with van der Waals surface area (Å²) in [4.78, 5) is 12.7. The van der Waals surface area contributed by atoms with E-state index in [-0.39, 0.29) is 29.9 Å². The van der Waals surface area contributed by atoms with Crippen molar-refractivity contribution >= 4 is 15.9 Å². The van der Waals surface area contributed by atoms with Crippen LogP contribution in [0.25, 0.3) is 0 Å². The van der Waals surface area contributed by atoms with Crippen LogP contribution in [0.15, 0.2) is 89.8 Å². The predicted molar refractivity (Wildman–Crippen MR) is 141 cm³/mol. The summed E-state index contributed by atoms with van der Waals surface area (Å²) in [7, 11) is -3.78. The van der Waals surface area contributed by atoms with E-state index in [2.05, 4.69) is 5.32 Å². The highest BCUT2D eigenvalue weighted by atomic mass is 32.2. The molecule has 1 atom stereocenters. The number of nitrogens with zero attached hydrogens (tertiary/aromatic N) is 1. The van der Waals surface area contributed by atoms with Gasteiger partial charge in [-0.05, 0) is 55.2 Å². The van der Waals surface area contributed by atoms with Crippen molar-refractivity contribution in [3.8, 4) is 5.75 Å². The number of nitrogens with one attached hydrogen (secondary N) is 1. The van der Waals surface area contributed by atoms with Gasteiger partial charge in [0, 0.05) is 19.1 Å². The van der Waals surface area contributed by atoms with Crippen LogP contribution in [-0.4, -0.2) is 30.8 Å². The molecule has 0 saturated heterocycles. The van der Waals surface area contributed by atoms with Crippen LogP contribution in [0.4, 0.5) is 0 Å². The zero-order valence-electron chi connectivity index (χ0n) is 20.7. The molecule has 0 unspecified atom stereocenters. The molecule has 1 amide bonds. The maximum absolute atomic E-state index is 13.6. The molecule has 0 bridgehead atoms. The summed E-state index contributed by atoms with van der Waals surface area (Å²) in [5.41, 5.74) is 1.82. The topological polar surface area (TPSA) is 75.7 Å². The summed E-state index contributed by atoms with van der Waals surface area (Å²) in [5.74, 6) is 0.313. The standard InChI is InChI=1S/C29H34N2O4S/c1-23(29(32)30-26-15-9-4-10-16-26)35-27-17-19-28(20-18-27)36(33,34)31(21-24-11-5-2-6-12-24)22-25-13-7-3-8-14-25/h2-3,5-8,11-14,17-20,23,26H,4,9-10,15-16,21-22H2,1H3,(H,30,32)/t23-/m1/s1. The van der Waals surface area contributed by atoms with Gasteiger partial charge < -0.3 is 10.1 Å². The van der Waals surface area contributed by atoms with Gasteiger partial charge in [-0.15, -0.1) is 0 Å². The Morgan fingerprint density at radius 2 is 1.39 bits per heavy atom.